The maximum atomic E-state index is 12.0. The fourth-order valence-corrected chi connectivity index (χ4v) is 2.11. The average molecular weight is 212 g/mol. The number of ether oxygens (including phenoxy) is 1. The van der Waals surface area contributed by atoms with Crippen molar-refractivity contribution in [2.45, 2.75) is 38.3 Å². The van der Waals surface area contributed by atoms with Crippen molar-refractivity contribution < 1.29 is 9.53 Å². The minimum Gasteiger partial charge on any atom is -0.373 e. The standard InChI is InChI=1S/C11H20N2O2/c1-8(12)10-7-13(5-6-15-10)11(14)9-3-2-4-9/h8-10H,2-7,12H2,1H3. The number of nitrogens with zero attached hydrogens (tertiary/aromatic N) is 1. The summed E-state index contributed by atoms with van der Waals surface area (Å²) in [7, 11) is 0. The number of hydrogen-bond donors (Lipinski definition) is 1. The van der Waals surface area contributed by atoms with E-state index in [0.717, 1.165) is 19.4 Å². The summed E-state index contributed by atoms with van der Waals surface area (Å²) < 4.78 is 5.53. The van der Waals surface area contributed by atoms with Gasteiger partial charge in [-0.15, -0.1) is 0 Å². The Balaban J connectivity index is 1.88. The molecule has 0 radical (unpaired) electrons. The maximum absolute atomic E-state index is 12.0. The smallest absolute Gasteiger partial charge is 0.225 e. The number of amides is 1. The predicted molar refractivity (Wildman–Crippen MR) is 57.3 cm³/mol. The quantitative estimate of drug-likeness (QED) is 0.719. The Hall–Kier alpha value is -0.610. The van der Waals surface area contributed by atoms with Crippen molar-refractivity contribution in [1.29, 1.82) is 0 Å². The van der Waals surface area contributed by atoms with Gasteiger partial charge in [-0.25, -0.2) is 0 Å². The zero-order valence-electron chi connectivity index (χ0n) is 9.32. The van der Waals surface area contributed by atoms with E-state index in [-0.39, 0.29) is 18.1 Å². The lowest BCUT2D eigenvalue weighted by atomic mass is 9.84. The molecule has 2 fully saturated rings. The van der Waals surface area contributed by atoms with Crippen LogP contribution in [-0.2, 0) is 9.53 Å². The van der Waals surface area contributed by atoms with E-state index in [9.17, 15) is 4.79 Å². The van der Waals surface area contributed by atoms with E-state index in [1.54, 1.807) is 0 Å². The van der Waals surface area contributed by atoms with Gasteiger partial charge in [0.25, 0.3) is 0 Å². The Morgan fingerprint density at radius 3 is 2.80 bits per heavy atom. The summed E-state index contributed by atoms with van der Waals surface area (Å²) in [6.07, 6.45) is 3.36. The Morgan fingerprint density at radius 2 is 2.27 bits per heavy atom. The molecule has 0 bridgehead atoms. The Bertz CT molecular complexity index is 239. The van der Waals surface area contributed by atoms with Crippen LogP contribution in [-0.4, -0.2) is 42.6 Å². The molecule has 0 aromatic carbocycles. The van der Waals surface area contributed by atoms with E-state index in [1.807, 2.05) is 11.8 Å². The minimum absolute atomic E-state index is 0.00184. The van der Waals surface area contributed by atoms with E-state index in [0.29, 0.717) is 19.1 Å². The molecule has 2 atom stereocenters. The van der Waals surface area contributed by atoms with Gasteiger partial charge in [0.15, 0.2) is 0 Å². The lowest BCUT2D eigenvalue weighted by Crippen LogP contribution is -2.53. The number of rotatable bonds is 2. The van der Waals surface area contributed by atoms with Crippen LogP contribution in [0.15, 0.2) is 0 Å². The second-order valence-electron chi connectivity index (χ2n) is 4.68. The molecule has 1 saturated carbocycles. The lowest BCUT2D eigenvalue weighted by Gasteiger charge is -2.38. The van der Waals surface area contributed by atoms with Gasteiger partial charge in [0, 0.05) is 25.0 Å². The number of carbonyl (C=O) groups is 1. The van der Waals surface area contributed by atoms with Gasteiger partial charge in [-0.2, -0.15) is 0 Å². The largest absolute Gasteiger partial charge is 0.373 e. The molecular weight excluding hydrogens is 192 g/mol. The average Bonchev–Trinajstić information content (AvgIpc) is 2.15. The molecule has 4 nitrogen and oxygen atoms in total. The predicted octanol–water partition coefficient (Wildman–Crippen LogP) is 0.361. The first kappa shape index (κ1) is 10.9. The second-order valence-corrected chi connectivity index (χ2v) is 4.68. The fraction of sp³-hybridized carbons (Fsp3) is 0.909. The molecule has 2 rings (SSSR count). The molecule has 2 unspecified atom stereocenters. The Kier molecular flexibility index (Phi) is 3.26. The van der Waals surface area contributed by atoms with E-state index < -0.39 is 0 Å². The summed E-state index contributed by atoms with van der Waals surface area (Å²) in [4.78, 5) is 13.9. The fourth-order valence-electron chi connectivity index (χ4n) is 2.11. The topological polar surface area (TPSA) is 55.6 Å². The summed E-state index contributed by atoms with van der Waals surface area (Å²) in [6, 6.07) is 0.00184. The molecule has 1 aliphatic heterocycles. The highest BCUT2D eigenvalue weighted by Gasteiger charge is 2.33. The molecular formula is C11H20N2O2. The van der Waals surface area contributed by atoms with E-state index in [2.05, 4.69) is 0 Å². The highest BCUT2D eigenvalue weighted by atomic mass is 16.5. The molecule has 0 aromatic heterocycles. The van der Waals surface area contributed by atoms with Crippen LogP contribution < -0.4 is 5.73 Å². The van der Waals surface area contributed by atoms with Crippen molar-refractivity contribution in [3.05, 3.63) is 0 Å². The van der Waals surface area contributed by atoms with Crippen molar-refractivity contribution in [3.8, 4) is 0 Å². The minimum atomic E-state index is 0.00184. The molecule has 86 valence electrons. The van der Waals surface area contributed by atoms with Crippen molar-refractivity contribution in [2.24, 2.45) is 11.7 Å². The summed E-state index contributed by atoms with van der Waals surface area (Å²) in [5.41, 5.74) is 5.79. The Labute approximate surface area is 90.8 Å². The lowest BCUT2D eigenvalue weighted by molar-refractivity contribution is -0.146. The summed E-state index contributed by atoms with van der Waals surface area (Å²) in [5, 5.41) is 0. The summed E-state index contributed by atoms with van der Waals surface area (Å²) in [5.74, 6) is 0.604. The van der Waals surface area contributed by atoms with Crippen molar-refractivity contribution in [1.82, 2.24) is 4.90 Å². The third-order valence-corrected chi connectivity index (χ3v) is 3.45. The molecule has 0 aromatic rings. The van der Waals surface area contributed by atoms with Crippen molar-refractivity contribution in [3.63, 3.8) is 0 Å². The summed E-state index contributed by atoms with van der Waals surface area (Å²) in [6.45, 7) is 3.97. The van der Waals surface area contributed by atoms with Gasteiger partial charge >= 0.3 is 0 Å². The van der Waals surface area contributed by atoms with Gasteiger partial charge in [0.1, 0.15) is 0 Å². The summed E-state index contributed by atoms with van der Waals surface area (Å²) >= 11 is 0. The van der Waals surface area contributed by atoms with E-state index in [4.69, 9.17) is 10.5 Å². The molecule has 0 spiro atoms. The van der Waals surface area contributed by atoms with Crippen LogP contribution in [0.4, 0.5) is 0 Å². The van der Waals surface area contributed by atoms with Crippen molar-refractivity contribution >= 4 is 5.91 Å². The van der Waals surface area contributed by atoms with Gasteiger partial charge < -0.3 is 15.4 Å². The van der Waals surface area contributed by atoms with Gasteiger partial charge in [0.05, 0.1) is 12.7 Å². The third kappa shape index (κ3) is 2.32. The van der Waals surface area contributed by atoms with E-state index >= 15 is 0 Å². The number of morpholine rings is 1. The monoisotopic (exact) mass is 212 g/mol. The van der Waals surface area contributed by atoms with Gasteiger partial charge in [-0.3, -0.25) is 4.79 Å². The molecule has 2 aliphatic rings. The first-order chi connectivity index (χ1) is 7.18. The molecule has 1 amide bonds. The van der Waals surface area contributed by atoms with Crippen LogP contribution in [0.1, 0.15) is 26.2 Å². The first-order valence-electron chi connectivity index (χ1n) is 5.84. The maximum Gasteiger partial charge on any atom is 0.225 e. The normalized spacial score (nSPS) is 29.7. The SMILES string of the molecule is CC(N)C1CN(C(=O)C2CCC2)CCO1. The molecule has 1 aliphatic carbocycles. The second kappa shape index (κ2) is 4.49. The Morgan fingerprint density at radius 1 is 1.53 bits per heavy atom. The van der Waals surface area contributed by atoms with Gasteiger partial charge in [0.2, 0.25) is 5.91 Å². The zero-order chi connectivity index (χ0) is 10.8. The highest BCUT2D eigenvalue weighted by molar-refractivity contribution is 5.79. The van der Waals surface area contributed by atoms with Crippen LogP contribution in [0, 0.1) is 5.92 Å². The van der Waals surface area contributed by atoms with Crippen LogP contribution >= 0.6 is 0 Å². The van der Waals surface area contributed by atoms with Crippen molar-refractivity contribution in [2.75, 3.05) is 19.7 Å². The van der Waals surface area contributed by atoms with Gasteiger partial charge in [-0.1, -0.05) is 6.42 Å². The molecule has 1 saturated heterocycles. The van der Waals surface area contributed by atoms with Crippen LogP contribution in [0.2, 0.25) is 0 Å². The number of carbonyl (C=O) groups excluding carboxylic acids is 1. The molecule has 1 heterocycles. The molecule has 2 N–H and O–H groups in total. The highest BCUT2D eigenvalue weighted by Crippen LogP contribution is 2.28. The molecule has 15 heavy (non-hydrogen) atoms. The third-order valence-electron chi connectivity index (χ3n) is 3.45. The first-order valence-corrected chi connectivity index (χ1v) is 5.84. The van der Waals surface area contributed by atoms with Crippen LogP contribution in [0.25, 0.3) is 0 Å². The zero-order valence-corrected chi connectivity index (χ0v) is 9.32. The number of nitrogens with two attached hydrogens (primary N) is 1. The van der Waals surface area contributed by atoms with Crippen LogP contribution in [0.3, 0.4) is 0 Å². The van der Waals surface area contributed by atoms with E-state index in [1.165, 1.54) is 6.42 Å². The van der Waals surface area contributed by atoms with Crippen LogP contribution in [0.5, 0.6) is 0 Å². The molecule has 4 heteroatoms. The number of hydrogen-bond acceptors (Lipinski definition) is 3. The van der Waals surface area contributed by atoms with Gasteiger partial charge in [-0.05, 0) is 19.8 Å².